The molecule has 0 N–H and O–H groups in total. The number of pyridine rings is 2. The molecule has 5 heteroatoms. The van der Waals surface area contributed by atoms with E-state index >= 15 is 0 Å². The first-order valence-corrected chi connectivity index (χ1v) is 15.0. The molecule has 0 fully saturated rings. The predicted octanol–water partition coefficient (Wildman–Crippen LogP) is 9.84. The van der Waals surface area contributed by atoms with Crippen LogP contribution in [0.25, 0.3) is 11.1 Å². The fraction of sp³-hybridized carbons (Fsp3) is 0.0857. The summed E-state index contributed by atoms with van der Waals surface area (Å²) in [6.45, 7) is 4.26. The first kappa shape index (κ1) is 24.9. The van der Waals surface area contributed by atoms with Gasteiger partial charge in [0.05, 0.1) is 23.0 Å². The Hall–Kier alpha value is -4.06. The van der Waals surface area contributed by atoms with Gasteiger partial charge in [0.2, 0.25) is 0 Å². The average molecular weight is 554 g/mol. The van der Waals surface area contributed by atoms with Crippen molar-refractivity contribution in [3.63, 3.8) is 0 Å². The molecule has 2 aliphatic rings. The Kier molecular flexibility index (Phi) is 6.54. The van der Waals surface area contributed by atoms with Crippen LogP contribution in [0.2, 0.25) is 0 Å². The van der Waals surface area contributed by atoms with E-state index < -0.39 is 0 Å². The summed E-state index contributed by atoms with van der Waals surface area (Å²) < 4.78 is 0. The van der Waals surface area contributed by atoms with Crippen LogP contribution >= 0.6 is 23.5 Å². The van der Waals surface area contributed by atoms with Crippen molar-refractivity contribution in [1.29, 1.82) is 0 Å². The van der Waals surface area contributed by atoms with Gasteiger partial charge in [0.1, 0.15) is 5.82 Å². The highest BCUT2D eigenvalue weighted by atomic mass is 32.2. The highest BCUT2D eigenvalue weighted by Crippen LogP contribution is 2.52. The van der Waals surface area contributed by atoms with Gasteiger partial charge >= 0.3 is 0 Å². The molecule has 0 saturated heterocycles. The van der Waals surface area contributed by atoms with E-state index in [1.54, 1.807) is 0 Å². The Balaban J connectivity index is 1.47. The third kappa shape index (κ3) is 4.17. The molecule has 0 spiro atoms. The first-order chi connectivity index (χ1) is 19.7. The number of allylic oxidation sites excluding steroid dienone is 3. The Morgan fingerprint density at radius 2 is 1.30 bits per heavy atom. The topological polar surface area (TPSA) is 29.0 Å². The van der Waals surface area contributed by atoms with Crippen molar-refractivity contribution in [2.75, 3.05) is 4.90 Å². The largest absolute Gasteiger partial charge is 0.293 e. The van der Waals surface area contributed by atoms with Gasteiger partial charge in [-0.1, -0.05) is 84.2 Å². The lowest BCUT2D eigenvalue weighted by Gasteiger charge is -2.34. The second kappa shape index (κ2) is 10.5. The van der Waals surface area contributed by atoms with E-state index in [0.717, 1.165) is 34.0 Å². The summed E-state index contributed by atoms with van der Waals surface area (Å²) in [4.78, 5) is 17.5. The van der Waals surface area contributed by atoms with Gasteiger partial charge in [-0.25, -0.2) is 4.98 Å². The molecule has 2 aromatic heterocycles. The van der Waals surface area contributed by atoms with Crippen LogP contribution in [0.1, 0.15) is 36.6 Å². The van der Waals surface area contributed by atoms with Crippen molar-refractivity contribution in [3.05, 3.63) is 149 Å². The lowest BCUT2D eigenvalue weighted by Crippen LogP contribution is -2.22. The van der Waals surface area contributed by atoms with Crippen molar-refractivity contribution in [3.8, 4) is 11.1 Å². The molecule has 0 bridgehead atoms. The summed E-state index contributed by atoms with van der Waals surface area (Å²) in [5.74, 6) is 0.929. The van der Waals surface area contributed by atoms with Crippen LogP contribution in [0.4, 0.5) is 11.5 Å². The molecule has 3 nitrogen and oxygen atoms in total. The third-order valence-electron chi connectivity index (χ3n) is 7.38. The van der Waals surface area contributed by atoms with Crippen LogP contribution in [-0.4, -0.2) is 9.97 Å². The van der Waals surface area contributed by atoms with E-state index in [0.29, 0.717) is 0 Å². The number of thioether (sulfide) groups is 1. The quantitative estimate of drug-likeness (QED) is 0.217. The Labute approximate surface area is 243 Å². The second-order valence-electron chi connectivity index (χ2n) is 9.77. The van der Waals surface area contributed by atoms with Crippen molar-refractivity contribution < 1.29 is 0 Å². The fourth-order valence-corrected chi connectivity index (χ4v) is 7.82. The Morgan fingerprint density at radius 3 is 2.02 bits per heavy atom. The zero-order chi connectivity index (χ0) is 27.1. The lowest BCUT2D eigenvalue weighted by atomic mass is 9.84. The molecule has 0 saturated carbocycles. The molecule has 0 aliphatic carbocycles. The molecular weight excluding hydrogens is 527 g/mol. The van der Waals surface area contributed by atoms with Gasteiger partial charge in [0.15, 0.2) is 0 Å². The minimum Gasteiger partial charge on any atom is -0.293 e. The standard InChI is InChI=1S/C35H27N3S2/c1-3-12-28-23(2)39-32-20-9-6-17-29(32)38(28)35-25(16-11-22-37-35)24-15-10-21-36-34(24)33-26-13-4-7-18-30(26)40-31-19-8-5-14-27(31)33/h3-22,33H,1-2H3/b12-3-. The normalized spacial score (nSPS) is 14.7. The van der Waals surface area contributed by atoms with E-state index in [-0.39, 0.29) is 5.92 Å². The summed E-state index contributed by atoms with van der Waals surface area (Å²) in [7, 11) is 0. The summed E-state index contributed by atoms with van der Waals surface area (Å²) >= 11 is 3.66. The smallest absolute Gasteiger partial charge is 0.145 e. The minimum absolute atomic E-state index is 0.0226. The molecule has 5 aromatic rings. The molecule has 2 aliphatic heterocycles. The number of fused-ring (bicyclic) bond motifs is 3. The van der Waals surface area contributed by atoms with Gasteiger partial charge in [-0.05, 0) is 73.5 Å². The van der Waals surface area contributed by atoms with Crippen LogP contribution in [-0.2, 0) is 0 Å². The highest BCUT2D eigenvalue weighted by molar-refractivity contribution is 8.03. The van der Waals surface area contributed by atoms with Gasteiger partial charge < -0.3 is 0 Å². The van der Waals surface area contributed by atoms with Crippen molar-refractivity contribution in [2.45, 2.75) is 34.5 Å². The van der Waals surface area contributed by atoms with E-state index in [2.05, 4.69) is 116 Å². The summed E-state index contributed by atoms with van der Waals surface area (Å²) in [5.41, 5.74) is 8.08. The summed E-state index contributed by atoms with van der Waals surface area (Å²) in [5, 5.41) is 0. The number of hydrogen-bond acceptors (Lipinski definition) is 5. The molecule has 194 valence electrons. The summed E-state index contributed by atoms with van der Waals surface area (Å²) in [6, 6.07) is 34.5. The number of anilines is 2. The van der Waals surface area contributed by atoms with E-state index in [9.17, 15) is 0 Å². The van der Waals surface area contributed by atoms with Gasteiger partial charge in [0.25, 0.3) is 0 Å². The molecular formula is C35H27N3S2. The minimum atomic E-state index is 0.0226. The second-order valence-corrected chi connectivity index (χ2v) is 12.1. The zero-order valence-electron chi connectivity index (χ0n) is 22.3. The lowest BCUT2D eigenvalue weighted by molar-refractivity contribution is 0.863. The molecule has 0 radical (unpaired) electrons. The SMILES string of the molecule is C/C=C\C1=C(C)Sc2ccccc2N1c1ncccc1-c1cccnc1C1c2ccccc2Sc2ccccc21. The van der Waals surface area contributed by atoms with Crippen LogP contribution in [0.3, 0.4) is 0 Å². The van der Waals surface area contributed by atoms with Gasteiger partial charge in [-0.2, -0.15) is 0 Å². The van der Waals surface area contributed by atoms with Crippen LogP contribution in [0, 0.1) is 0 Å². The van der Waals surface area contributed by atoms with Gasteiger partial charge in [-0.3, -0.25) is 9.88 Å². The highest BCUT2D eigenvalue weighted by Gasteiger charge is 2.32. The maximum absolute atomic E-state index is 5.09. The van der Waals surface area contributed by atoms with Crippen LogP contribution in [0.5, 0.6) is 0 Å². The first-order valence-electron chi connectivity index (χ1n) is 13.4. The molecule has 3 aromatic carbocycles. The van der Waals surface area contributed by atoms with Crippen molar-refractivity contribution in [2.24, 2.45) is 0 Å². The Morgan fingerprint density at radius 1 is 0.675 bits per heavy atom. The number of rotatable bonds is 4. The molecule has 7 rings (SSSR count). The number of benzene rings is 3. The molecule has 0 unspecified atom stereocenters. The number of nitrogens with zero attached hydrogens (tertiary/aromatic N) is 3. The van der Waals surface area contributed by atoms with Crippen LogP contribution < -0.4 is 4.90 Å². The van der Waals surface area contributed by atoms with Crippen molar-refractivity contribution >= 4 is 35.0 Å². The van der Waals surface area contributed by atoms with E-state index in [1.165, 1.54) is 30.7 Å². The predicted molar refractivity (Wildman–Crippen MR) is 167 cm³/mol. The Bertz CT molecular complexity index is 1760. The van der Waals surface area contributed by atoms with Crippen LogP contribution in [0.15, 0.2) is 147 Å². The summed E-state index contributed by atoms with van der Waals surface area (Å²) in [6.07, 6.45) is 8.10. The number of aromatic nitrogens is 2. The average Bonchev–Trinajstić information content (AvgIpc) is 3.00. The van der Waals surface area contributed by atoms with E-state index in [4.69, 9.17) is 9.97 Å². The third-order valence-corrected chi connectivity index (χ3v) is 9.64. The maximum atomic E-state index is 5.09. The van der Waals surface area contributed by atoms with E-state index in [1.807, 2.05) is 48.1 Å². The molecule has 0 atom stereocenters. The maximum Gasteiger partial charge on any atom is 0.145 e. The van der Waals surface area contributed by atoms with Gasteiger partial charge in [0, 0.05) is 43.1 Å². The number of hydrogen-bond donors (Lipinski definition) is 0. The van der Waals surface area contributed by atoms with Gasteiger partial charge in [-0.15, -0.1) is 0 Å². The molecule has 0 amide bonds. The fourth-order valence-electron chi connectivity index (χ4n) is 5.68. The van der Waals surface area contributed by atoms with Crippen molar-refractivity contribution in [1.82, 2.24) is 9.97 Å². The monoisotopic (exact) mass is 553 g/mol. The molecule has 40 heavy (non-hydrogen) atoms. The molecule has 4 heterocycles. The number of para-hydroxylation sites is 1. The zero-order valence-corrected chi connectivity index (χ0v) is 23.9.